The first-order chi connectivity index (χ1) is 5.43. The predicted octanol–water partition coefficient (Wildman–Crippen LogP) is 0.858. The van der Waals surface area contributed by atoms with E-state index in [1.165, 1.54) is 19.5 Å². The molecule has 1 aliphatic rings. The Labute approximate surface area is 69.3 Å². The number of nitrogens with zero attached hydrogens (tertiary/aromatic N) is 1. The lowest BCUT2D eigenvalue weighted by atomic mass is 10.2. The number of hydrogen-bond donors (Lipinski definition) is 1. The van der Waals surface area contributed by atoms with Gasteiger partial charge in [-0.15, -0.1) is 0 Å². The molecule has 1 rings (SSSR count). The molecular formula is C9H18N2. The minimum atomic E-state index is 1.09. The van der Waals surface area contributed by atoms with Crippen LogP contribution in [0.2, 0.25) is 0 Å². The van der Waals surface area contributed by atoms with Crippen LogP contribution in [0, 0.1) is 0 Å². The lowest BCUT2D eigenvalue weighted by Crippen LogP contribution is -2.34. The highest BCUT2D eigenvalue weighted by Crippen LogP contribution is 1.98. The average Bonchev–Trinajstić information content (AvgIpc) is 2.07. The molecule has 1 heterocycles. The highest BCUT2D eigenvalue weighted by Gasteiger charge is 2.03. The van der Waals surface area contributed by atoms with Crippen molar-refractivity contribution in [1.29, 1.82) is 0 Å². The molecule has 1 aliphatic heterocycles. The molecule has 0 spiro atoms. The highest BCUT2D eigenvalue weighted by molar-refractivity contribution is 4.90. The Hall–Kier alpha value is -0.340. The molecule has 0 bridgehead atoms. The first-order valence-corrected chi connectivity index (χ1v) is 4.51. The summed E-state index contributed by atoms with van der Waals surface area (Å²) in [5.74, 6) is 0. The zero-order valence-electron chi connectivity index (χ0n) is 7.34. The van der Waals surface area contributed by atoms with Crippen LogP contribution in [0.15, 0.2) is 12.2 Å². The second-order valence-electron chi connectivity index (χ2n) is 2.91. The molecule has 11 heavy (non-hydrogen) atoms. The Bertz CT molecular complexity index is 121. The Morgan fingerprint density at radius 2 is 2.36 bits per heavy atom. The van der Waals surface area contributed by atoms with Gasteiger partial charge >= 0.3 is 0 Å². The summed E-state index contributed by atoms with van der Waals surface area (Å²) in [5, 5.41) is 3.33. The summed E-state index contributed by atoms with van der Waals surface area (Å²) >= 11 is 0. The SMILES string of the molecule is CCNCCN1CC=CCC1. The molecule has 0 atom stereocenters. The van der Waals surface area contributed by atoms with Crippen molar-refractivity contribution < 1.29 is 0 Å². The van der Waals surface area contributed by atoms with Crippen molar-refractivity contribution >= 4 is 0 Å². The van der Waals surface area contributed by atoms with Crippen LogP contribution in [-0.2, 0) is 0 Å². The topological polar surface area (TPSA) is 15.3 Å². The summed E-state index contributed by atoms with van der Waals surface area (Å²) in [5.41, 5.74) is 0. The van der Waals surface area contributed by atoms with Crippen LogP contribution in [0.5, 0.6) is 0 Å². The summed E-state index contributed by atoms with van der Waals surface area (Å²) in [7, 11) is 0. The van der Waals surface area contributed by atoms with Crippen LogP contribution < -0.4 is 5.32 Å². The number of rotatable bonds is 4. The van der Waals surface area contributed by atoms with E-state index in [1.54, 1.807) is 0 Å². The van der Waals surface area contributed by atoms with Crippen molar-refractivity contribution in [2.24, 2.45) is 0 Å². The quantitative estimate of drug-likeness (QED) is 0.477. The van der Waals surface area contributed by atoms with Crippen molar-refractivity contribution in [3.05, 3.63) is 12.2 Å². The van der Waals surface area contributed by atoms with E-state index in [9.17, 15) is 0 Å². The van der Waals surface area contributed by atoms with E-state index >= 15 is 0 Å². The fourth-order valence-electron chi connectivity index (χ4n) is 1.31. The molecule has 0 fully saturated rings. The lowest BCUT2D eigenvalue weighted by molar-refractivity contribution is 0.298. The fraction of sp³-hybridized carbons (Fsp3) is 0.778. The fourth-order valence-corrected chi connectivity index (χ4v) is 1.31. The van der Waals surface area contributed by atoms with E-state index in [-0.39, 0.29) is 0 Å². The molecule has 1 N–H and O–H groups in total. The van der Waals surface area contributed by atoms with Crippen molar-refractivity contribution in [3.8, 4) is 0 Å². The van der Waals surface area contributed by atoms with Gasteiger partial charge in [0.05, 0.1) is 0 Å². The second kappa shape index (κ2) is 5.33. The van der Waals surface area contributed by atoms with Gasteiger partial charge in [0.2, 0.25) is 0 Å². The number of hydrogen-bond acceptors (Lipinski definition) is 2. The van der Waals surface area contributed by atoms with Crippen molar-refractivity contribution in [2.75, 3.05) is 32.7 Å². The minimum Gasteiger partial charge on any atom is -0.316 e. The Balaban J connectivity index is 2.02. The Morgan fingerprint density at radius 1 is 1.45 bits per heavy atom. The van der Waals surface area contributed by atoms with Gasteiger partial charge < -0.3 is 5.32 Å². The summed E-state index contributed by atoms with van der Waals surface area (Å²) in [6.07, 6.45) is 5.76. The summed E-state index contributed by atoms with van der Waals surface area (Å²) in [6, 6.07) is 0. The van der Waals surface area contributed by atoms with Gasteiger partial charge in [-0.05, 0) is 13.0 Å². The molecule has 0 unspecified atom stereocenters. The van der Waals surface area contributed by atoms with E-state index < -0.39 is 0 Å². The third-order valence-electron chi connectivity index (χ3n) is 2.00. The summed E-state index contributed by atoms with van der Waals surface area (Å²) in [6.45, 7) is 7.94. The van der Waals surface area contributed by atoms with Crippen molar-refractivity contribution in [2.45, 2.75) is 13.3 Å². The standard InChI is InChI=1S/C9H18N2/c1-2-10-6-9-11-7-4-3-5-8-11/h3-4,10H,2,5-9H2,1H3. The van der Waals surface area contributed by atoms with Gasteiger partial charge in [-0.1, -0.05) is 19.1 Å². The maximum Gasteiger partial charge on any atom is 0.0163 e. The molecule has 0 amide bonds. The third-order valence-corrected chi connectivity index (χ3v) is 2.00. The predicted molar refractivity (Wildman–Crippen MR) is 48.7 cm³/mol. The zero-order chi connectivity index (χ0) is 7.94. The molecule has 0 radical (unpaired) electrons. The summed E-state index contributed by atoms with van der Waals surface area (Å²) in [4.78, 5) is 2.47. The molecule has 64 valence electrons. The number of nitrogens with one attached hydrogen (secondary N) is 1. The second-order valence-corrected chi connectivity index (χ2v) is 2.91. The molecule has 0 aromatic rings. The molecule has 0 saturated carbocycles. The first-order valence-electron chi connectivity index (χ1n) is 4.51. The van der Waals surface area contributed by atoms with Crippen molar-refractivity contribution in [1.82, 2.24) is 10.2 Å². The van der Waals surface area contributed by atoms with Gasteiger partial charge in [-0.2, -0.15) is 0 Å². The highest BCUT2D eigenvalue weighted by atomic mass is 15.1. The van der Waals surface area contributed by atoms with Crippen LogP contribution in [0.3, 0.4) is 0 Å². The van der Waals surface area contributed by atoms with Crippen LogP contribution in [0.1, 0.15) is 13.3 Å². The van der Waals surface area contributed by atoms with Gasteiger partial charge in [0, 0.05) is 26.2 Å². The molecule has 0 aliphatic carbocycles. The molecule has 0 saturated heterocycles. The van der Waals surface area contributed by atoms with Crippen molar-refractivity contribution in [3.63, 3.8) is 0 Å². The maximum absolute atomic E-state index is 3.33. The van der Waals surface area contributed by atoms with E-state index in [2.05, 4.69) is 29.3 Å². The van der Waals surface area contributed by atoms with Gasteiger partial charge in [0.25, 0.3) is 0 Å². The minimum absolute atomic E-state index is 1.09. The van der Waals surface area contributed by atoms with Crippen LogP contribution >= 0.6 is 0 Å². The first kappa shape index (κ1) is 8.75. The monoisotopic (exact) mass is 154 g/mol. The average molecular weight is 154 g/mol. The largest absolute Gasteiger partial charge is 0.316 e. The molecule has 2 nitrogen and oxygen atoms in total. The van der Waals surface area contributed by atoms with Crippen LogP contribution in [0.4, 0.5) is 0 Å². The van der Waals surface area contributed by atoms with E-state index in [0.717, 1.165) is 19.6 Å². The molecular weight excluding hydrogens is 136 g/mol. The molecule has 0 aromatic carbocycles. The zero-order valence-corrected chi connectivity index (χ0v) is 7.34. The smallest absolute Gasteiger partial charge is 0.0163 e. The van der Waals surface area contributed by atoms with E-state index in [4.69, 9.17) is 0 Å². The molecule has 0 aromatic heterocycles. The summed E-state index contributed by atoms with van der Waals surface area (Å²) < 4.78 is 0. The molecule has 2 heteroatoms. The Morgan fingerprint density at radius 3 is 3.00 bits per heavy atom. The Kier molecular flexibility index (Phi) is 4.24. The maximum atomic E-state index is 3.33. The van der Waals surface area contributed by atoms with Crippen LogP contribution in [-0.4, -0.2) is 37.6 Å². The van der Waals surface area contributed by atoms with Gasteiger partial charge in [0.15, 0.2) is 0 Å². The lowest BCUT2D eigenvalue weighted by Gasteiger charge is -2.22. The van der Waals surface area contributed by atoms with Crippen LogP contribution in [0.25, 0.3) is 0 Å². The van der Waals surface area contributed by atoms with E-state index in [1.807, 2.05) is 0 Å². The van der Waals surface area contributed by atoms with Gasteiger partial charge in [-0.3, -0.25) is 4.90 Å². The normalized spacial score (nSPS) is 19.0. The van der Waals surface area contributed by atoms with Gasteiger partial charge in [-0.25, -0.2) is 0 Å². The van der Waals surface area contributed by atoms with Gasteiger partial charge in [0.1, 0.15) is 0 Å². The van der Waals surface area contributed by atoms with E-state index in [0.29, 0.717) is 0 Å². The number of likely N-dealkylation sites (N-methyl/N-ethyl adjacent to an activating group) is 1. The third kappa shape index (κ3) is 3.54.